The Labute approximate surface area is 254 Å². The third-order valence-corrected chi connectivity index (χ3v) is 9.55. The van der Waals surface area contributed by atoms with Crippen molar-refractivity contribution in [2.75, 3.05) is 24.3 Å². The van der Waals surface area contributed by atoms with E-state index in [0.717, 1.165) is 6.33 Å². The normalized spacial score (nSPS) is 30.9. The van der Waals surface area contributed by atoms with Gasteiger partial charge in [0.1, 0.15) is 48.5 Å². The third-order valence-electron chi connectivity index (χ3n) is 6.95. The average molecular weight is 692 g/mol. The van der Waals surface area contributed by atoms with Crippen LogP contribution in [0.4, 0.5) is 11.8 Å². The van der Waals surface area contributed by atoms with Gasteiger partial charge in [-0.2, -0.15) is 9.29 Å². The molecule has 26 heteroatoms. The summed E-state index contributed by atoms with van der Waals surface area (Å²) >= 11 is 0. The van der Waals surface area contributed by atoms with Crippen molar-refractivity contribution in [3.05, 3.63) is 29.3 Å². The Morgan fingerprint density at radius 1 is 0.957 bits per heavy atom. The number of hydrogen-bond acceptors (Lipinski definition) is 19. The second-order valence-corrected chi connectivity index (χ2v) is 13.0. The SMILES string of the molecule is Nc1ncnc2c1ncn2[C@@H]1O[C@H](COP(=O)(O)OP(=O)(O)OC[C@H]2OC(Nc3nc4nc[nH]c4c(=O)[nH]3)[C@H](O)[C@@H]2O)[C@@H](O)[C@H]1O. The second kappa shape index (κ2) is 12.3. The largest absolute Gasteiger partial charge is 0.481 e. The van der Waals surface area contributed by atoms with E-state index in [9.17, 15) is 44.1 Å². The number of anilines is 2. The lowest BCUT2D eigenvalue weighted by Crippen LogP contribution is -2.37. The molecular formula is C20H26N10O14P2. The summed E-state index contributed by atoms with van der Waals surface area (Å²) in [5, 5.41) is 44.1. The van der Waals surface area contributed by atoms with Crippen LogP contribution in [-0.2, 0) is 32.0 Å². The van der Waals surface area contributed by atoms with E-state index in [4.69, 9.17) is 19.7 Å². The number of aromatic nitrogens is 8. The van der Waals surface area contributed by atoms with Crippen LogP contribution in [0, 0.1) is 0 Å². The molecule has 2 fully saturated rings. The fourth-order valence-corrected chi connectivity index (χ4v) is 6.81. The van der Waals surface area contributed by atoms with Crippen LogP contribution in [0.25, 0.3) is 22.3 Å². The quantitative estimate of drug-likeness (QED) is 0.0691. The van der Waals surface area contributed by atoms with Gasteiger partial charge >= 0.3 is 15.6 Å². The molecule has 0 aromatic carbocycles. The highest BCUT2D eigenvalue weighted by molar-refractivity contribution is 7.61. The van der Waals surface area contributed by atoms with Crippen molar-refractivity contribution in [3.8, 4) is 0 Å². The minimum Gasteiger partial charge on any atom is -0.387 e. The fraction of sp³-hybridized carbons (Fsp3) is 0.500. The first-order valence-corrected chi connectivity index (χ1v) is 16.0. The predicted octanol–water partition coefficient (Wildman–Crippen LogP) is -3.20. The number of H-pyrrole nitrogens is 2. The van der Waals surface area contributed by atoms with Crippen molar-refractivity contribution >= 4 is 49.7 Å². The van der Waals surface area contributed by atoms with Gasteiger partial charge in [-0.05, 0) is 0 Å². The number of phosphoric ester groups is 2. The molecule has 0 spiro atoms. The number of aromatic amines is 2. The van der Waals surface area contributed by atoms with Crippen molar-refractivity contribution in [1.82, 2.24) is 39.5 Å². The molecule has 0 radical (unpaired) electrons. The molecule has 11 N–H and O–H groups in total. The molecule has 4 aromatic heterocycles. The lowest BCUT2D eigenvalue weighted by atomic mass is 10.1. The average Bonchev–Trinajstić information content (AvgIpc) is 3.75. The number of phosphoric acid groups is 2. The summed E-state index contributed by atoms with van der Waals surface area (Å²) in [5.41, 5.74) is 5.64. The van der Waals surface area contributed by atoms with Crippen molar-refractivity contribution in [3.63, 3.8) is 0 Å². The highest BCUT2D eigenvalue weighted by Gasteiger charge is 2.47. The zero-order chi connectivity index (χ0) is 33.0. The van der Waals surface area contributed by atoms with Gasteiger partial charge in [-0.15, -0.1) is 0 Å². The maximum Gasteiger partial charge on any atom is 0.481 e. The Bertz CT molecular complexity index is 1890. The first kappa shape index (κ1) is 32.5. The second-order valence-electron chi connectivity index (χ2n) is 9.98. The maximum atomic E-state index is 12.4. The first-order chi connectivity index (χ1) is 21.7. The number of nitrogens with zero attached hydrogens (tertiary/aromatic N) is 6. The summed E-state index contributed by atoms with van der Waals surface area (Å²) in [4.78, 5) is 56.8. The number of aliphatic hydroxyl groups is 4. The Morgan fingerprint density at radius 2 is 1.63 bits per heavy atom. The zero-order valence-corrected chi connectivity index (χ0v) is 24.7. The number of nitrogens with one attached hydrogen (secondary N) is 3. The molecule has 46 heavy (non-hydrogen) atoms. The number of nitrogens with two attached hydrogens (primary N) is 1. The first-order valence-electron chi connectivity index (χ1n) is 13.0. The monoisotopic (exact) mass is 692 g/mol. The molecule has 0 saturated carbocycles. The molecule has 10 atom stereocenters. The van der Waals surface area contributed by atoms with Gasteiger partial charge in [0.2, 0.25) is 5.95 Å². The summed E-state index contributed by atoms with van der Waals surface area (Å²) in [5.74, 6) is -0.130. The lowest BCUT2D eigenvalue weighted by molar-refractivity contribution is -0.0506. The molecule has 2 saturated heterocycles. The van der Waals surface area contributed by atoms with E-state index in [1.54, 1.807) is 0 Å². The third kappa shape index (κ3) is 6.39. The van der Waals surface area contributed by atoms with Crippen LogP contribution in [0.5, 0.6) is 0 Å². The van der Waals surface area contributed by atoms with Gasteiger partial charge in [-0.1, -0.05) is 0 Å². The number of aliphatic hydroxyl groups excluding tert-OH is 4. The zero-order valence-electron chi connectivity index (χ0n) is 22.9. The van der Waals surface area contributed by atoms with Gasteiger partial charge in [0.15, 0.2) is 35.1 Å². The van der Waals surface area contributed by atoms with Crippen LogP contribution in [0.3, 0.4) is 0 Å². The van der Waals surface area contributed by atoms with E-state index in [-0.39, 0.29) is 34.1 Å². The summed E-state index contributed by atoms with van der Waals surface area (Å²) in [7, 11) is -10.8. The number of nitrogen functional groups attached to an aromatic ring is 1. The van der Waals surface area contributed by atoms with Gasteiger partial charge in [0, 0.05) is 0 Å². The predicted molar refractivity (Wildman–Crippen MR) is 147 cm³/mol. The van der Waals surface area contributed by atoms with Crippen LogP contribution in [0.2, 0.25) is 0 Å². The molecule has 6 heterocycles. The van der Waals surface area contributed by atoms with E-state index in [2.05, 4.69) is 49.0 Å². The molecule has 3 unspecified atom stereocenters. The summed E-state index contributed by atoms with van der Waals surface area (Å²) < 4.78 is 50.7. The Balaban J connectivity index is 1.02. The van der Waals surface area contributed by atoms with E-state index < -0.39 is 83.5 Å². The fourth-order valence-electron chi connectivity index (χ4n) is 4.72. The topological polar surface area (TPSA) is 358 Å². The lowest BCUT2D eigenvalue weighted by Gasteiger charge is -2.20. The number of hydrogen-bond donors (Lipinski definition) is 10. The molecule has 250 valence electrons. The highest BCUT2D eigenvalue weighted by atomic mass is 31.3. The molecule has 0 bridgehead atoms. The van der Waals surface area contributed by atoms with Gasteiger partial charge in [-0.3, -0.25) is 23.4 Å². The smallest absolute Gasteiger partial charge is 0.387 e. The number of imidazole rings is 2. The molecule has 6 rings (SSSR count). The molecule has 24 nitrogen and oxygen atoms in total. The summed E-state index contributed by atoms with van der Waals surface area (Å²) in [6.07, 6.45) is -8.60. The highest BCUT2D eigenvalue weighted by Crippen LogP contribution is 2.60. The van der Waals surface area contributed by atoms with Gasteiger partial charge < -0.3 is 55.7 Å². The number of fused-ring (bicyclic) bond motifs is 2. The Kier molecular flexibility index (Phi) is 8.66. The molecule has 2 aliphatic heterocycles. The molecule has 0 aliphatic carbocycles. The molecule has 4 aromatic rings. The van der Waals surface area contributed by atoms with E-state index in [1.165, 1.54) is 17.2 Å². The van der Waals surface area contributed by atoms with E-state index in [0.29, 0.717) is 0 Å². The Hall–Kier alpha value is -3.48. The maximum absolute atomic E-state index is 12.4. The van der Waals surface area contributed by atoms with Crippen LogP contribution in [0.15, 0.2) is 23.8 Å². The van der Waals surface area contributed by atoms with Crippen molar-refractivity contribution in [1.29, 1.82) is 0 Å². The van der Waals surface area contributed by atoms with Crippen LogP contribution in [0.1, 0.15) is 6.23 Å². The van der Waals surface area contributed by atoms with Crippen molar-refractivity contribution in [2.45, 2.75) is 49.1 Å². The van der Waals surface area contributed by atoms with Gasteiger partial charge in [0.25, 0.3) is 5.56 Å². The molecular weight excluding hydrogens is 666 g/mol. The minimum atomic E-state index is -5.39. The Morgan fingerprint density at radius 3 is 2.35 bits per heavy atom. The van der Waals surface area contributed by atoms with E-state index in [1.807, 2.05) is 0 Å². The number of rotatable bonds is 11. The standard InChI is InChI=1S/C20H26N10O14P2/c21-14-8-16(25-4-23-14)30(5-26-8)19-13(34)11(32)7(43-19)2-41-46(38,39)44-45(36,37)40-1-6-10(31)12(33)18(42-6)29-20-27-15-9(17(35)28-20)22-3-24-15/h3-7,10-13,18-19,31-34H,1-2H2,(H,36,37)(H,38,39)(H2,21,23,25)(H3,22,24,27,28,29,35)/t6-,7-,10-,11-,12-,13-,18?,19-/m1/s1. The van der Waals surface area contributed by atoms with Crippen LogP contribution >= 0.6 is 15.6 Å². The van der Waals surface area contributed by atoms with Crippen molar-refractivity contribution in [2.24, 2.45) is 0 Å². The number of ether oxygens (including phenoxy) is 2. The summed E-state index contributed by atoms with van der Waals surface area (Å²) in [6.45, 7) is -1.84. The molecule has 0 amide bonds. The van der Waals surface area contributed by atoms with Crippen molar-refractivity contribution < 1.29 is 62.2 Å². The van der Waals surface area contributed by atoms with Crippen LogP contribution < -0.4 is 16.6 Å². The summed E-state index contributed by atoms with van der Waals surface area (Å²) in [6, 6.07) is 0. The molecule has 2 aliphatic rings. The van der Waals surface area contributed by atoms with Gasteiger partial charge in [-0.25, -0.2) is 29.1 Å². The minimum absolute atomic E-state index is 0.0469. The van der Waals surface area contributed by atoms with E-state index >= 15 is 0 Å². The van der Waals surface area contributed by atoms with Gasteiger partial charge in [0.05, 0.1) is 25.9 Å². The van der Waals surface area contributed by atoms with Crippen LogP contribution in [-0.4, -0.2) is 126 Å².